The predicted octanol–water partition coefficient (Wildman–Crippen LogP) is 3.39. The van der Waals surface area contributed by atoms with Crippen LogP contribution in [0.2, 0.25) is 0 Å². The molecule has 2 unspecified atom stereocenters. The summed E-state index contributed by atoms with van der Waals surface area (Å²) in [6.45, 7) is 5.56. The van der Waals surface area contributed by atoms with Gasteiger partial charge in [-0.25, -0.2) is 0 Å². The zero-order valence-electron chi connectivity index (χ0n) is 14.3. The monoisotopic (exact) mass is 359 g/mol. The maximum Gasteiger partial charge on any atom is 0.282 e. The Morgan fingerprint density at radius 1 is 1.36 bits per heavy atom. The summed E-state index contributed by atoms with van der Waals surface area (Å²) in [7, 11) is 0. The van der Waals surface area contributed by atoms with E-state index in [0.717, 1.165) is 6.42 Å². The Labute approximate surface area is 150 Å². The molecule has 0 saturated carbocycles. The van der Waals surface area contributed by atoms with Crippen LogP contribution in [0.4, 0.5) is 5.69 Å². The molecule has 0 fully saturated rings. The lowest BCUT2D eigenvalue weighted by atomic mass is 9.97. The van der Waals surface area contributed by atoms with E-state index in [1.807, 2.05) is 0 Å². The smallest absolute Gasteiger partial charge is 0.282 e. The van der Waals surface area contributed by atoms with Gasteiger partial charge in [-0.05, 0) is 43.3 Å². The molecule has 2 heterocycles. The summed E-state index contributed by atoms with van der Waals surface area (Å²) in [4.78, 5) is 26.6. The number of amides is 1. The van der Waals surface area contributed by atoms with Crippen molar-refractivity contribution in [1.82, 2.24) is 10.2 Å². The number of hydrogen-bond acceptors (Lipinski definition) is 5. The first kappa shape index (κ1) is 17.6. The van der Waals surface area contributed by atoms with E-state index in [9.17, 15) is 14.9 Å². The summed E-state index contributed by atoms with van der Waals surface area (Å²) in [6, 6.07) is 8.95. The van der Waals surface area contributed by atoms with Crippen molar-refractivity contribution in [1.29, 1.82) is 0 Å². The fraction of sp³-hybridized carbons (Fsp3) is 0.389. The zero-order valence-corrected chi connectivity index (χ0v) is 15.1. The second kappa shape index (κ2) is 7.33. The van der Waals surface area contributed by atoms with Crippen molar-refractivity contribution in [2.45, 2.75) is 32.4 Å². The van der Waals surface area contributed by atoms with Gasteiger partial charge in [0.05, 0.1) is 4.92 Å². The number of rotatable bonds is 5. The Morgan fingerprint density at radius 3 is 2.88 bits per heavy atom. The maximum absolute atomic E-state index is 12.3. The Balaban J connectivity index is 1.62. The third kappa shape index (κ3) is 3.57. The van der Waals surface area contributed by atoms with E-state index < -0.39 is 10.8 Å². The number of thiophene rings is 1. The number of benzene rings is 1. The second-order valence-electron chi connectivity index (χ2n) is 6.31. The molecule has 0 bridgehead atoms. The van der Waals surface area contributed by atoms with Gasteiger partial charge in [0.15, 0.2) is 0 Å². The predicted molar refractivity (Wildman–Crippen MR) is 98.0 cm³/mol. The molecule has 2 aromatic rings. The van der Waals surface area contributed by atoms with Crippen LogP contribution in [0.15, 0.2) is 35.7 Å². The van der Waals surface area contributed by atoms with E-state index in [-0.39, 0.29) is 11.3 Å². The molecule has 0 spiro atoms. The van der Waals surface area contributed by atoms with Crippen LogP contribution in [-0.4, -0.2) is 34.9 Å². The number of para-hydroxylation sites is 1. The summed E-state index contributed by atoms with van der Waals surface area (Å²) in [5.74, 6) is -0.401. The number of hydrogen-bond donors (Lipinski definition) is 1. The zero-order chi connectivity index (χ0) is 18.0. The van der Waals surface area contributed by atoms with Crippen LogP contribution in [-0.2, 0) is 6.42 Å². The van der Waals surface area contributed by atoms with Crippen LogP contribution < -0.4 is 5.32 Å². The van der Waals surface area contributed by atoms with Gasteiger partial charge in [-0.3, -0.25) is 19.8 Å². The standard InChI is InChI=1S/C18H21N3O3S/c1-12-11-14-7-10-25-17(14)13(2)20(12)9-8-19-18(22)15-5-3-4-6-16(15)21(23)24/h3-7,10,12-13H,8-9,11H2,1-2H3,(H,19,22). The Bertz CT molecular complexity index is 789. The number of nitro groups is 1. The molecule has 1 aromatic carbocycles. The highest BCUT2D eigenvalue weighted by Crippen LogP contribution is 2.35. The molecule has 1 aromatic heterocycles. The van der Waals surface area contributed by atoms with Crippen molar-refractivity contribution in [2.24, 2.45) is 0 Å². The van der Waals surface area contributed by atoms with Gasteiger partial charge in [0.2, 0.25) is 0 Å². The Morgan fingerprint density at radius 2 is 2.12 bits per heavy atom. The van der Waals surface area contributed by atoms with Crippen molar-refractivity contribution in [3.63, 3.8) is 0 Å². The summed E-state index contributed by atoms with van der Waals surface area (Å²) >= 11 is 1.78. The van der Waals surface area contributed by atoms with E-state index in [4.69, 9.17) is 0 Å². The number of nitrogens with one attached hydrogen (secondary N) is 1. The minimum Gasteiger partial charge on any atom is -0.351 e. The number of nitro benzene ring substituents is 1. The van der Waals surface area contributed by atoms with Gasteiger partial charge in [0, 0.05) is 36.1 Å². The van der Waals surface area contributed by atoms with Gasteiger partial charge in [-0.1, -0.05) is 12.1 Å². The highest BCUT2D eigenvalue weighted by atomic mass is 32.1. The molecule has 1 aliphatic rings. The summed E-state index contributed by atoms with van der Waals surface area (Å²) in [6.07, 6.45) is 1.02. The average Bonchev–Trinajstić information content (AvgIpc) is 3.06. The normalized spacial score (nSPS) is 20.1. The fourth-order valence-corrected chi connectivity index (χ4v) is 4.50. The molecule has 2 atom stereocenters. The molecule has 0 saturated heterocycles. The van der Waals surface area contributed by atoms with Crippen molar-refractivity contribution >= 4 is 22.9 Å². The fourth-order valence-electron chi connectivity index (χ4n) is 3.48. The van der Waals surface area contributed by atoms with Crippen LogP contribution in [0.3, 0.4) is 0 Å². The van der Waals surface area contributed by atoms with Crippen molar-refractivity contribution < 1.29 is 9.72 Å². The van der Waals surface area contributed by atoms with Gasteiger partial charge in [0.1, 0.15) is 5.56 Å². The van der Waals surface area contributed by atoms with Gasteiger partial charge in [0.25, 0.3) is 11.6 Å². The molecular weight excluding hydrogens is 338 g/mol. The average molecular weight is 359 g/mol. The van der Waals surface area contributed by atoms with E-state index in [0.29, 0.717) is 25.2 Å². The molecule has 1 aliphatic heterocycles. The minimum absolute atomic E-state index is 0.104. The van der Waals surface area contributed by atoms with Gasteiger partial charge in [-0.2, -0.15) is 0 Å². The van der Waals surface area contributed by atoms with E-state index >= 15 is 0 Å². The molecule has 0 aliphatic carbocycles. The molecular formula is C18H21N3O3S. The third-order valence-corrected chi connectivity index (χ3v) is 5.87. The highest BCUT2D eigenvalue weighted by Gasteiger charge is 2.29. The number of carbonyl (C=O) groups excluding carboxylic acids is 1. The van der Waals surface area contributed by atoms with Crippen LogP contribution in [0, 0.1) is 10.1 Å². The van der Waals surface area contributed by atoms with Gasteiger partial charge < -0.3 is 5.32 Å². The first-order valence-corrected chi connectivity index (χ1v) is 9.20. The first-order valence-electron chi connectivity index (χ1n) is 8.32. The lowest BCUT2D eigenvalue weighted by Gasteiger charge is -2.38. The number of fused-ring (bicyclic) bond motifs is 1. The molecule has 25 heavy (non-hydrogen) atoms. The molecule has 1 N–H and O–H groups in total. The quantitative estimate of drug-likeness (QED) is 0.656. The van der Waals surface area contributed by atoms with Crippen LogP contribution in [0.5, 0.6) is 0 Å². The van der Waals surface area contributed by atoms with Crippen LogP contribution in [0.1, 0.15) is 40.7 Å². The van der Waals surface area contributed by atoms with Gasteiger partial charge >= 0.3 is 0 Å². The van der Waals surface area contributed by atoms with Crippen LogP contribution in [0.25, 0.3) is 0 Å². The van der Waals surface area contributed by atoms with Crippen LogP contribution >= 0.6 is 11.3 Å². The summed E-state index contributed by atoms with van der Waals surface area (Å²) in [5.41, 5.74) is 1.36. The lowest BCUT2D eigenvalue weighted by molar-refractivity contribution is -0.385. The summed E-state index contributed by atoms with van der Waals surface area (Å²) in [5, 5.41) is 16.0. The molecule has 6 nitrogen and oxygen atoms in total. The minimum atomic E-state index is -0.526. The SMILES string of the molecule is CC1Cc2ccsc2C(C)N1CCNC(=O)c1ccccc1[N+](=O)[O-]. The lowest BCUT2D eigenvalue weighted by Crippen LogP contribution is -2.44. The molecule has 1 amide bonds. The molecule has 7 heteroatoms. The van der Waals surface area contributed by atoms with E-state index in [2.05, 4.69) is 35.5 Å². The number of nitrogens with zero attached hydrogens (tertiary/aromatic N) is 2. The Hall–Kier alpha value is -2.25. The highest BCUT2D eigenvalue weighted by molar-refractivity contribution is 7.10. The van der Waals surface area contributed by atoms with E-state index in [1.54, 1.807) is 23.5 Å². The number of carbonyl (C=O) groups is 1. The van der Waals surface area contributed by atoms with Crippen molar-refractivity contribution in [2.75, 3.05) is 13.1 Å². The first-order chi connectivity index (χ1) is 12.0. The third-order valence-electron chi connectivity index (χ3n) is 4.74. The van der Waals surface area contributed by atoms with Gasteiger partial charge in [-0.15, -0.1) is 11.3 Å². The molecule has 132 valence electrons. The molecule has 0 radical (unpaired) electrons. The molecule has 3 rings (SSSR count). The summed E-state index contributed by atoms with van der Waals surface area (Å²) < 4.78 is 0. The second-order valence-corrected chi connectivity index (χ2v) is 7.25. The van der Waals surface area contributed by atoms with E-state index in [1.165, 1.54) is 22.6 Å². The Kier molecular flexibility index (Phi) is 5.15. The maximum atomic E-state index is 12.3. The topological polar surface area (TPSA) is 75.5 Å². The van der Waals surface area contributed by atoms with Crippen molar-refractivity contribution in [3.05, 3.63) is 61.8 Å². The van der Waals surface area contributed by atoms with Crippen molar-refractivity contribution in [3.8, 4) is 0 Å². The largest absolute Gasteiger partial charge is 0.351 e.